The minimum atomic E-state index is -0.937. The Morgan fingerprint density at radius 3 is 2.61 bits per heavy atom. The van der Waals surface area contributed by atoms with Crippen LogP contribution in [0.1, 0.15) is 49.9 Å². The second-order valence-electron chi connectivity index (χ2n) is 6.71. The van der Waals surface area contributed by atoms with Crippen molar-refractivity contribution >= 4 is 35.2 Å². The highest BCUT2D eigenvalue weighted by molar-refractivity contribution is 6.31. The van der Waals surface area contributed by atoms with Crippen LogP contribution < -0.4 is 5.32 Å². The Labute approximate surface area is 170 Å². The maximum absolute atomic E-state index is 12.5. The van der Waals surface area contributed by atoms with Crippen molar-refractivity contribution in [2.75, 3.05) is 5.32 Å². The van der Waals surface area contributed by atoms with Gasteiger partial charge in [0.2, 0.25) is 0 Å². The van der Waals surface area contributed by atoms with Crippen LogP contribution in [0.5, 0.6) is 0 Å². The van der Waals surface area contributed by atoms with Gasteiger partial charge in [-0.1, -0.05) is 43.6 Å². The standard InChI is InChI=1S/C21H26ClN3O3/c1-6-13(2)16-9-7-8-10-18(16)23-21(27)15(4)28-19(26)12-11-17-14(3)24-25(5)20(17)22/h7-13,15H,6H2,1-5H3,(H,23,27)/b12-11+. The molecule has 6 nitrogen and oxygen atoms in total. The number of nitrogens with one attached hydrogen (secondary N) is 1. The number of halogens is 1. The lowest BCUT2D eigenvalue weighted by Gasteiger charge is -2.17. The van der Waals surface area contributed by atoms with Crippen molar-refractivity contribution in [2.45, 2.75) is 46.1 Å². The third-order valence-corrected chi connectivity index (χ3v) is 5.05. The number of anilines is 1. The average molecular weight is 404 g/mol. The molecule has 1 aromatic heterocycles. The molecular formula is C21H26ClN3O3. The number of ether oxygens (including phenoxy) is 1. The molecule has 0 bridgehead atoms. The van der Waals surface area contributed by atoms with E-state index in [1.165, 1.54) is 23.8 Å². The molecule has 0 aliphatic carbocycles. The van der Waals surface area contributed by atoms with Crippen LogP contribution in [0.4, 0.5) is 5.69 Å². The molecule has 2 unspecified atom stereocenters. The highest BCUT2D eigenvalue weighted by atomic mass is 35.5. The van der Waals surface area contributed by atoms with Crippen LogP contribution in [0, 0.1) is 6.92 Å². The van der Waals surface area contributed by atoms with Crippen molar-refractivity contribution < 1.29 is 14.3 Å². The van der Waals surface area contributed by atoms with Crippen LogP contribution in [0.15, 0.2) is 30.3 Å². The van der Waals surface area contributed by atoms with E-state index in [9.17, 15) is 9.59 Å². The van der Waals surface area contributed by atoms with Crippen molar-refractivity contribution in [1.29, 1.82) is 0 Å². The van der Waals surface area contributed by atoms with Crippen LogP contribution in [-0.2, 0) is 21.4 Å². The zero-order valence-electron chi connectivity index (χ0n) is 16.8. The van der Waals surface area contributed by atoms with E-state index in [-0.39, 0.29) is 5.91 Å². The van der Waals surface area contributed by atoms with Gasteiger partial charge in [-0.25, -0.2) is 4.79 Å². The number of carbonyl (C=O) groups is 2. The number of esters is 1. The van der Waals surface area contributed by atoms with E-state index in [1.807, 2.05) is 24.3 Å². The molecule has 2 atom stereocenters. The van der Waals surface area contributed by atoms with E-state index < -0.39 is 12.1 Å². The summed E-state index contributed by atoms with van der Waals surface area (Å²) in [5.41, 5.74) is 3.13. The molecule has 0 radical (unpaired) electrons. The molecule has 0 aliphatic heterocycles. The molecule has 1 heterocycles. The van der Waals surface area contributed by atoms with Gasteiger partial charge < -0.3 is 10.1 Å². The smallest absolute Gasteiger partial charge is 0.331 e. The molecule has 1 aromatic carbocycles. The SMILES string of the molecule is CCC(C)c1ccccc1NC(=O)C(C)OC(=O)/C=C/c1c(C)nn(C)c1Cl. The summed E-state index contributed by atoms with van der Waals surface area (Å²) in [7, 11) is 1.72. The van der Waals surface area contributed by atoms with Crippen molar-refractivity contribution in [2.24, 2.45) is 7.05 Å². The van der Waals surface area contributed by atoms with Gasteiger partial charge in [0.15, 0.2) is 6.10 Å². The molecule has 0 aliphatic rings. The number of para-hydroxylation sites is 1. The van der Waals surface area contributed by atoms with E-state index in [2.05, 4.69) is 24.3 Å². The molecule has 2 aromatic rings. The third-order valence-electron chi connectivity index (χ3n) is 4.61. The predicted octanol–water partition coefficient (Wildman–Crippen LogP) is 4.48. The molecule has 150 valence electrons. The van der Waals surface area contributed by atoms with Crippen LogP contribution in [0.2, 0.25) is 5.15 Å². The first kappa shape index (κ1) is 21.7. The quantitative estimate of drug-likeness (QED) is 0.546. The van der Waals surface area contributed by atoms with Gasteiger partial charge in [-0.15, -0.1) is 0 Å². The molecule has 0 fully saturated rings. The minimum absolute atomic E-state index is 0.310. The normalized spacial score (nSPS) is 13.4. The summed E-state index contributed by atoms with van der Waals surface area (Å²) >= 11 is 6.13. The van der Waals surface area contributed by atoms with Crippen LogP contribution in [-0.4, -0.2) is 27.8 Å². The molecule has 0 saturated heterocycles. The number of nitrogens with zero attached hydrogens (tertiary/aromatic N) is 2. The summed E-state index contributed by atoms with van der Waals surface area (Å²) in [4.78, 5) is 24.5. The Morgan fingerprint density at radius 2 is 2.00 bits per heavy atom. The maximum Gasteiger partial charge on any atom is 0.331 e. The number of carbonyl (C=O) groups excluding carboxylic acids is 2. The fourth-order valence-electron chi connectivity index (χ4n) is 2.75. The zero-order valence-corrected chi connectivity index (χ0v) is 17.6. The molecule has 0 spiro atoms. The summed E-state index contributed by atoms with van der Waals surface area (Å²) in [6, 6.07) is 7.64. The topological polar surface area (TPSA) is 73.2 Å². The molecule has 1 amide bonds. The van der Waals surface area contributed by atoms with Gasteiger partial charge in [0.25, 0.3) is 5.91 Å². The number of benzene rings is 1. The fraction of sp³-hybridized carbons (Fsp3) is 0.381. The lowest BCUT2D eigenvalue weighted by atomic mass is 9.97. The predicted molar refractivity (Wildman–Crippen MR) is 111 cm³/mol. The third kappa shape index (κ3) is 5.23. The van der Waals surface area contributed by atoms with Crippen LogP contribution >= 0.6 is 11.6 Å². The summed E-state index contributed by atoms with van der Waals surface area (Å²) in [5.74, 6) is -0.699. The van der Waals surface area contributed by atoms with Crippen molar-refractivity contribution in [3.8, 4) is 0 Å². The van der Waals surface area contributed by atoms with Gasteiger partial charge in [-0.3, -0.25) is 9.48 Å². The highest BCUT2D eigenvalue weighted by Crippen LogP contribution is 2.26. The van der Waals surface area contributed by atoms with Crippen molar-refractivity contribution in [3.63, 3.8) is 0 Å². The molecular weight excluding hydrogens is 378 g/mol. The fourth-order valence-corrected chi connectivity index (χ4v) is 2.99. The van der Waals surface area contributed by atoms with Gasteiger partial charge in [0, 0.05) is 24.4 Å². The Bertz CT molecular complexity index is 889. The first-order chi connectivity index (χ1) is 13.2. The molecule has 7 heteroatoms. The molecule has 1 N–H and O–H groups in total. The van der Waals surface area contributed by atoms with Gasteiger partial charge in [0.1, 0.15) is 5.15 Å². The van der Waals surface area contributed by atoms with E-state index in [0.717, 1.165) is 17.7 Å². The van der Waals surface area contributed by atoms with E-state index in [0.29, 0.717) is 22.3 Å². The average Bonchev–Trinajstić information content (AvgIpc) is 2.91. The van der Waals surface area contributed by atoms with Gasteiger partial charge in [-0.05, 0) is 43.9 Å². The molecule has 28 heavy (non-hydrogen) atoms. The second-order valence-corrected chi connectivity index (χ2v) is 7.07. The maximum atomic E-state index is 12.5. The summed E-state index contributed by atoms with van der Waals surface area (Å²) < 4.78 is 6.73. The van der Waals surface area contributed by atoms with E-state index in [1.54, 1.807) is 14.0 Å². The number of aromatic nitrogens is 2. The number of amides is 1. The summed E-state index contributed by atoms with van der Waals surface area (Å²) in [5, 5.41) is 7.45. The number of aryl methyl sites for hydroxylation is 2. The zero-order chi connectivity index (χ0) is 20.8. The molecule has 2 rings (SSSR count). The summed E-state index contributed by atoms with van der Waals surface area (Å²) in [6.07, 6.45) is 2.80. The van der Waals surface area contributed by atoms with E-state index >= 15 is 0 Å². The first-order valence-corrected chi connectivity index (χ1v) is 9.59. The monoisotopic (exact) mass is 403 g/mol. The largest absolute Gasteiger partial charge is 0.449 e. The Balaban J connectivity index is 2.01. The summed E-state index contributed by atoms with van der Waals surface area (Å²) in [6.45, 7) is 7.53. The first-order valence-electron chi connectivity index (χ1n) is 9.22. The Morgan fingerprint density at radius 1 is 1.32 bits per heavy atom. The molecule has 0 saturated carbocycles. The van der Waals surface area contributed by atoms with Crippen LogP contribution in [0.25, 0.3) is 6.08 Å². The van der Waals surface area contributed by atoms with Crippen molar-refractivity contribution in [1.82, 2.24) is 9.78 Å². The van der Waals surface area contributed by atoms with Gasteiger partial charge >= 0.3 is 5.97 Å². The van der Waals surface area contributed by atoms with E-state index in [4.69, 9.17) is 16.3 Å². The van der Waals surface area contributed by atoms with Gasteiger partial charge in [-0.2, -0.15) is 5.10 Å². The minimum Gasteiger partial charge on any atom is -0.449 e. The van der Waals surface area contributed by atoms with Gasteiger partial charge in [0.05, 0.1) is 5.69 Å². The van der Waals surface area contributed by atoms with Crippen LogP contribution in [0.3, 0.4) is 0 Å². The Kier molecular flexibility index (Phi) is 7.40. The number of hydrogen-bond donors (Lipinski definition) is 1. The lowest BCUT2D eigenvalue weighted by molar-refractivity contribution is -0.148. The Hall–Kier alpha value is -2.60. The highest BCUT2D eigenvalue weighted by Gasteiger charge is 2.19. The second kappa shape index (κ2) is 9.55. The number of hydrogen-bond acceptors (Lipinski definition) is 4. The number of rotatable bonds is 7. The van der Waals surface area contributed by atoms with Crippen molar-refractivity contribution in [3.05, 3.63) is 52.3 Å². The lowest BCUT2D eigenvalue weighted by Crippen LogP contribution is -2.29.